The predicted molar refractivity (Wildman–Crippen MR) is 247 cm³/mol. The largest absolute Gasteiger partial charge is 0.472 e. The summed E-state index contributed by atoms with van der Waals surface area (Å²) in [5.74, 6) is -1.18. The van der Waals surface area contributed by atoms with Gasteiger partial charge in [-0.15, -0.1) is 0 Å². The highest BCUT2D eigenvalue weighted by molar-refractivity contribution is 7.47. The number of rotatable bonds is 39. The van der Waals surface area contributed by atoms with E-state index in [4.69, 9.17) is 33.7 Å². The van der Waals surface area contributed by atoms with E-state index in [0.29, 0.717) is 12.8 Å². The Balaban J connectivity index is 1.95. The summed E-state index contributed by atoms with van der Waals surface area (Å²) in [6.07, 6.45) is 9.30. The summed E-state index contributed by atoms with van der Waals surface area (Å²) in [6.45, 7) is 2.33. The maximum atomic E-state index is 13.4. The topological polar surface area (TPSA) is 294 Å². The van der Waals surface area contributed by atoms with Gasteiger partial charge < -0.3 is 65.3 Å². The molecule has 1 unspecified atom stereocenters. The van der Waals surface area contributed by atoms with Crippen LogP contribution in [0.2, 0.25) is 0 Å². The summed E-state index contributed by atoms with van der Waals surface area (Å²) >= 11 is 0. The van der Waals surface area contributed by atoms with E-state index in [9.17, 15) is 54.8 Å². The Bertz CT molecular complexity index is 1300. The van der Waals surface area contributed by atoms with E-state index < -0.39 is 113 Å². The zero-order chi connectivity index (χ0) is 48.7. The molecular weight excluding hydrogens is 881 g/mol. The van der Waals surface area contributed by atoms with Gasteiger partial charge in [-0.1, -0.05) is 168 Å². The molecule has 1 aliphatic heterocycles. The molecule has 0 bridgehead atoms. The molecule has 0 aromatic heterocycles. The zero-order valence-corrected chi connectivity index (χ0v) is 41.0. The number of ether oxygens (including phenoxy) is 4. The number of phosphoric acid groups is 1. The summed E-state index contributed by atoms with van der Waals surface area (Å²) < 4.78 is 45.8. The quantitative estimate of drug-likeness (QED) is 0.0208. The van der Waals surface area contributed by atoms with Crippen molar-refractivity contribution in [2.75, 3.05) is 19.8 Å². The van der Waals surface area contributed by atoms with Crippen molar-refractivity contribution >= 4 is 19.8 Å². The van der Waals surface area contributed by atoms with Crippen molar-refractivity contribution in [3.63, 3.8) is 0 Å². The van der Waals surface area contributed by atoms with E-state index in [2.05, 4.69) is 13.8 Å². The number of carbonyl (C=O) groups excluding carboxylic acids is 2. The van der Waals surface area contributed by atoms with Crippen LogP contribution in [0.15, 0.2) is 0 Å². The minimum atomic E-state index is -5.33. The van der Waals surface area contributed by atoms with Crippen molar-refractivity contribution in [3.8, 4) is 0 Å². The van der Waals surface area contributed by atoms with Crippen LogP contribution >= 0.6 is 7.82 Å². The van der Waals surface area contributed by atoms with Crippen molar-refractivity contribution in [1.29, 1.82) is 0 Å². The molecule has 390 valence electrons. The molecule has 0 radical (unpaired) electrons. The summed E-state index contributed by atoms with van der Waals surface area (Å²) in [4.78, 5) is 36.5. The molecule has 66 heavy (non-hydrogen) atoms. The lowest BCUT2D eigenvalue weighted by Gasteiger charge is -2.47. The molecule has 0 aromatic carbocycles. The normalized spacial score (nSPS) is 28.2. The van der Waals surface area contributed by atoms with Gasteiger partial charge in [-0.25, -0.2) is 4.57 Å². The Hall–Kier alpha value is -1.35. The lowest BCUT2D eigenvalue weighted by Crippen LogP contribution is -2.68. The van der Waals surface area contributed by atoms with Gasteiger partial charge in [0.05, 0.1) is 19.3 Å². The molecule has 19 heteroatoms. The minimum Gasteiger partial charge on any atom is -0.462 e. The Morgan fingerprint density at radius 3 is 1.41 bits per heavy atom. The van der Waals surface area contributed by atoms with E-state index in [1.165, 1.54) is 103 Å². The molecule has 18 nitrogen and oxygen atoms in total. The SMILES string of the molecule is CCCCCCCCCCCCCCCC(=O)OC[C@H](COP(=O)(O)O[C@@H]1[C@H](O)[C@H](O)[C@@H](O)[C@H](O)[C@H]1O[C@H]1O[C@H](CO)[C@H](O)[C@H](O)[C@H]1N)OC(=O)CCCCCCCCCCCCCCC. The number of carbonyl (C=O) groups is 2. The maximum Gasteiger partial charge on any atom is 0.472 e. The highest BCUT2D eigenvalue weighted by Crippen LogP contribution is 2.48. The molecule has 13 atom stereocenters. The summed E-state index contributed by atoms with van der Waals surface area (Å²) in [6, 6.07) is -1.52. The Morgan fingerprint density at radius 2 is 0.970 bits per heavy atom. The lowest BCUT2D eigenvalue weighted by atomic mass is 9.84. The zero-order valence-electron chi connectivity index (χ0n) is 40.1. The van der Waals surface area contributed by atoms with Crippen molar-refractivity contribution in [2.45, 2.75) is 267 Å². The number of hydrogen-bond donors (Lipinski definition) is 9. The Labute approximate surface area is 394 Å². The summed E-state index contributed by atoms with van der Waals surface area (Å²) in [5, 5.41) is 72.8. The maximum absolute atomic E-state index is 13.4. The number of phosphoric ester groups is 1. The van der Waals surface area contributed by atoms with E-state index in [1.807, 2.05) is 0 Å². The molecule has 1 aliphatic carbocycles. The van der Waals surface area contributed by atoms with Crippen LogP contribution < -0.4 is 5.73 Å². The van der Waals surface area contributed by atoms with E-state index in [1.54, 1.807) is 0 Å². The third-order valence-corrected chi connectivity index (χ3v) is 13.6. The molecule has 0 aromatic rings. The summed E-state index contributed by atoms with van der Waals surface area (Å²) in [5.41, 5.74) is 5.95. The monoisotopic (exact) mass is 972 g/mol. The van der Waals surface area contributed by atoms with Gasteiger partial charge in [-0.2, -0.15) is 0 Å². The standard InChI is InChI=1S/C47H90NO17P/c1-3-5-7-9-11-13-15-17-19-21-23-25-27-29-36(50)60-32-34(62-37(51)30-28-26-24-22-20-18-16-14-12-10-8-6-4-2)33-61-66(58,59)65-46-44(57)42(55)41(54)43(56)45(46)64-47-38(48)40(53)39(52)35(31-49)63-47/h34-35,38-47,49,52-57H,3-33,48H2,1-2H3,(H,58,59)/t34-,35-,38-,39+,40-,41-,42-,43+,44-,45-,46-,47-/m1/s1. The van der Waals surface area contributed by atoms with Gasteiger partial charge in [-0.05, 0) is 12.8 Å². The fourth-order valence-electron chi connectivity index (χ4n) is 8.40. The van der Waals surface area contributed by atoms with E-state index >= 15 is 0 Å². The highest BCUT2D eigenvalue weighted by Gasteiger charge is 2.55. The molecule has 0 spiro atoms. The first-order valence-electron chi connectivity index (χ1n) is 25.4. The lowest BCUT2D eigenvalue weighted by molar-refractivity contribution is -0.315. The van der Waals surface area contributed by atoms with Gasteiger partial charge in [0.2, 0.25) is 0 Å². The fourth-order valence-corrected chi connectivity index (χ4v) is 9.37. The molecule has 1 saturated carbocycles. The van der Waals surface area contributed by atoms with Crippen molar-refractivity contribution in [3.05, 3.63) is 0 Å². The van der Waals surface area contributed by atoms with Gasteiger partial charge in [0, 0.05) is 12.8 Å². The fraction of sp³-hybridized carbons (Fsp3) is 0.957. The van der Waals surface area contributed by atoms with Crippen LogP contribution in [0, 0.1) is 0 Å². The first kappa shape index (κ1) is 60.8. The number of aliphatic hydroxyl groups is 7. The predicted octanol–water partition coefficient (Wildman–Crippen LogP) is 5.51. The molecule has 2 fully saturated rings. The third kappa shape index (κ3) is 24.5. The van der Waals surface area contributed by atoms with Crippen LogP contribution in [0.4, 0.5) is 0 Å². The van der Waals surface area contributed by atoms with Gasteiger partial charge in [-0.3, -0.25) is 18.6 Å². The number of aliphatic hydroxyl groups excluding tert-OH is 7. The first-order valence-corrected chi connectivity index (χ1v) is 26.9. The van der Waals surface area contributed by atoms with Gasteiger partial charge >= 0.3 is 19.8 Å². The van der Waals surface area contributed by atoms with Crippen LogP contribution in [-0.4, -0.2) is 146 Å². The first-order chi connectivity index (χ1) is 31.7. The highest BCUT2D eigenvalue weighted by atomic mass is 31.2. The average Bonchev–Trinajstić information content (AvgIpc) is 3.29. The van der Waals surface area contributed by atoms with Crippen molar-refractivity contribution in [1.82, 2.24) is 0 Å². The molecule has 0 amide bonds. The third-order valence-electron chi connectivity index (χ3n) is 12.6. The van der Waals surface area contributed by atoms with Crippen molar-refractivity contribution < 1.29 is 82.8 Å². The second kappa shape index (κ2) is 35.7. The van der Waals surface area contributed by atoms with Gasteiger partial charge in [0.15, 0.2) is 12.4 Å². The van der Waals surface area contributed by atoms with E-state index in [-0.39, 0.29) is 12.8 Å². The van der Waals surface area contributed by atoms with Gasteiger partial charge in [0.1, 0.15) is 61.5 Å². The number of hydrogen-bond acceptors (Lipinski definition) is 17. The second-order valence-corrected chi connectivity index (χ2v) is 19.9. The molecule has 2 rings (SSSR count). The van der Waals surface area contributed by atoms with Crippen LogP contribution in [0.25, 0.3) is 0 Å². The smallest absolute Gasteiger partial charge is 0.462 e. The van der Waals surface area contributed by atoms with Crippen LogP contribution in [-0.2, 0) is 42.1 Å². The molecule has 2 aliphatic rings. The molecular formula is C47H90NO17P. The minimum absolute atomic E-state index is 0.0497. The average molecular weight is 972 g/mol. The molecule has 10 N–H and O–H groups in total. The summed E-state index contributed by atoms with van der Waals surface area (Å²) in [7, 11) is -5.33. The number of nitrogens with two attached hydrogens (primary N) is 1. The Kier molecular flexibility index (Phi) is 32.9. The van der Waals surface area contributed by atoms with Crippen LogP contribution in [0.1, 0.15) is 194 Å². The second-order valence-electron chi connectivity index (χ2n) is 18.5. The van der Waals surface area contributed by atoms with Crippen molar-refractivity contribution in [2.24, 2.45) is 5.73 Å². The van der Waals surface area contributed by atoms with Crippen LogP contribution in [0.3, 0.4) is 0 Å². The van der Waals surface area contributed by atoms with E-state index in [0.717, 1.165) is 51.4 Å². The van der Waals surface area contributed by atoms with Crippen LogP contribution in [0.5, 0.6) is 0 Å². The Morgan fingerprint density at radius 1 is 0.561 bits per heavy atom. The number of esters is 2. The number of unbranched alkanes of at least 4 members (excludes halogenated alkanes) is 24. The van der Waals surface area contributed by atoms with Gasteiger partial charge in [0.25, 0.3) is 0 Å². The molecule has 1 heterocycles. The molecule has 1 saturated heterocycles.